The highest BCUT2D eigenvalue weighted by Crippen LogP contribution is 2.31. The molecule has 1 fully saturated rings. The predicted octanol–water partition coefficient (Wildman–Crippen LogP) is 4.58. The normalized spacial score (nSPS) is 18.5. The fraction of sp³-hybridized carbons (Fsp3) is 0.314. The summed E-state index contributed by atoms with van der Waals surface area (Å²) in [4.78, 5) is 58.8. The Morgan fingerprint density at radius 3 is 2.42 bits per heavy atom. The quantitative estimate of drug-likeness (QED) is 0.281. The number of morpholine rings is 1. The molecule has 1 aliphatic carbocycles. The van der Waals surface area contributed by atoms with Crippen molar-refractivity contribution in [3.63, 3.8) is 0 Å². The molecule has 0 unspecified atom stereocenters. The summed E-state index contributed by atoms with van der Waals surface area (Å²) in [6, 6.07) is 19.2. The van der Waals surface area contributed by atoms with Crippen molar-refractivity contribution >= 4 is 40.6 Å². The van der Waals surface area contributed by atoms with Crippen LogP contribution in [0.3, 0.4) is 0 Å². The Hall–Kier alpha value is -4.83. The summed E-state index contributed by atoms with van der Waals surface area (Å²) < 4.78 is 20.4. The molecule has 10 heteroatoms. The first-order valence-electron chi connectivity index (χ1n) is 15.3. The van der Waals surface area contributed by atoms with E-state index in [-0.39, 0.29) is 23.6 Å². The Labute approximate surface area is 261 Å². The summed E-state index contributed by atoms with van der Waals surface area (Å²) >= 11 is 0. The number of fused-ring (bicyclic) bond motifs is 1. The van der Waals surface area contributed by atoms with Crippen molar-refractivity contribution < 1.29 is 28.3 Å². The number of carbonyl (C=O) groups is 4. The summed E-state index contributed by atoms with van der Waals surface area (Å²) in [5.74, 6) is -3.21. The van der Waals surface area contributed by atoms with Gasteiger partial charge in [-0.1, -0.05) is 42.5 Å². The Bertz CT molecular complexity index is 1620. The lowest BCUT2D eigenvalue weighted by Crippen LogP contribution is -2.54. The van der Waals surface area contributed by atoms with Crippen molar-refractivity contribution in [3.8, 4) is 0 Å². The number of ether oxygens (including phenoxy) is 1. The van der Waals surface area contributed by atoms with Crippen molar-refractivity contribution in [2.24, 2.45) is 5.92 Å². The highest BCUT2D eigenvalue weighted by molar-refractivity contribution is 6.52. The standard InChI is InChI=1S/C35H35FN4O5/c36-29-12-6-4-10-25(29)22-40(31(41)23-39-30-13-7-5-11-28(30)33(42)35(39)44)32(24-8-2-1-3-9-24)34(43)37-26-14-16-27(17-15-26)38-18-20-45-21-19-38/h1-2,4-7,10-17,24,32H,3,8-9,18-23H2,(H,37,43)/t24-,32-/m1/s1. The van der Waals surface area contributed by atoms with Gasteiger partial charge in [0.1, 0.15) is 18.4 Å². The zero-order valence-corrected chi connectivity index (χ0v) is 24.9. The number of nitrogens with one attached hydrogen (secondary N) is 1. The predicted molar refractivity (Wildman–Crippen MR) is 168 cm³/mol. The van der Waals surface area contributed by atoms with Crippen LogP contribution in [0.25, 0.3) is 0 Å². The third-order valence-corrected chi connectivity index (χ3v) is 8.66. The van der Waals surface area contributed by atoms with E-state index < -0.39 is 41.9 Å². The van der Waals surface area contributed by atoms with Gasteiger partial charge in [0, 0.05) is 36.6 Å². The van der Waals surface area contributed by atoms with E-state index in [1.807, 2.05) is 36.4 Å². The van der Waals surface area contributed by atoms with Crippen LogP contribution in [0.15, 0.2) is 84.9 Å². The van der Waals surface area contributed by atoms with Gasteiger partial charge in [0.15, 0.2) is 0 Å². The van der Waals surface area contributed by atoms with E-state index >= 15 is 4.39 Å². The molecule has 1 N–H and O–H groups in total. The van der Waals surface area contributed by atoms with Gasteiger partial charge in [-0.2, -0.15) is 0 Å². The summed E-state index contributed by atoms with van der Waals surface area (Å²) in [6.07, 6.45) is 5.98. The van der Waals surface area contributed by atoms with Gasteiger partial charge in [-0.25, -0.2) is 4.39 Å². The monoisotopic (exact) mass is 610 g/mol. The molecule has 3 aromatic rings. The van der Waals surface area contributed by atoms with E-state index in [0.717, 1.165) is 30.1 Å². The number of rotatable bonds is 9. The molecule has 3 amide bonds. The van der Waals surface area contributed by atoms with E-state index in [0.29, 0.717) is 37.4 Å². The van der Waals surface area contributed by atoms with E-state index in [1.54, 1.807) is 42.5 Å². The summed E-state index contributed by atoms with van der Waals surface area (Å²) in [5, 5.41) is 3.00. The molecule has 2 atom stereocenters. The van der Waals surface area contributed by atoms with Crippen LogP contribution in [0.4, 0.5) is 21.5 Å². The van der Waals surface area contributed by atoms with Crippen molar-refractivity contribution in [3.05, 3.63) is 102 Å². The Morgan fingerprint density at radius 2 is 1.69 bits per heavy atom. The number of halogens is 1. The highest BCUT2D eigenvalue weighted by Gasteiger charge is 2.41. The van der Waals surface area contributed by atoms with E-state index in [2.05, 4.69) is 10.2 Å². The zero-order chi connectivity index (χ0) is 31.3. The number of benzene rings is 3. The molecule has 1 saturated heterocycles. The maximum Gasteiger partial charge on any atom is 0.299 e. The van der Waals surface area contributed by atoms with Gasteiger partial charge in [0.05, 0.1) is 24.5 Å². The third kappa shape index (κ3) is 6.51. The summed E-state index contributed by atoms with van der Waals surface area (Å²) in [6.45, 7) is 2.24. The van der Waals surface area contributed by atoms with Gasteiger partial charge in [-0.05, 0) is 67.6 Å². The number of hydrogen-bond acceptors (Lipinski definition) is 6. The van der Waals surface area contributed by atoms with Crippen LogP contribution in [-0.2, 0) is 25.7 Å². The Balaban J connectivity index is 1.31. The van der Waals surface area contributed by atoms with E-state index in [1.165, 1.54) is 11.0 Å². The lowest BCUT2D eigenvalue weighted by Gasteiger charge is -2.37. The largest absolute Gasteiger partial charge is 0.378 e. The number of para-hydroxylation sites is 1. The molecule has 0 bridgehead atoms. The smallest absolute Gasteiger partial charge is 0.299 e. The Morgan fingerprint density at radius 1 is 0.956 bits per heavy atom. The molecule has 2 heterocycles. The lowest BCUT2D eigenvalue weighted by molar-refractivity contribution is -0.140. The van der Waals surface area contributed by atoms with Crippen molar-refractivity contribution in [2.45, 2.75) is 31.8 Å². The fourth-order valence-corrected chi connectivity index (χ4v) is 6.29. The minimum atomic E-state index is -0.968. The zero-order valence-electron chi connectivity index (χ0n) is 24.9. The lowest BCUT2D eigenvalue weighted by atomic mass is 9.85. The summed E-state index contributed by atoms with van der Waals surface area (Å²) in [7, 11) is 0. The molecule has 232 valence electrons. The molecular formula is C35H35FN4O5. The van der Waals surface area contributed by atoms with E-state index in [9.17, 15) is 19.2 Å². The first-order valence-corrected chi connectivity index (χ1v) is 15.3. The molecule has 2 aliphatic heterocycles. The number of carbonyl (C=O) groups excluding carboxylic acids is 4. The second-order valence-corrected chi connectivity index (χ2v) is 11.5. The average Bonchev–Trinajstić information content (AvgIpc) is 3.31. The molecule has 0 aromatic heterocycles. The second-order valence-electron chi connectivity index (χ2n) is 11.5. The number of hydrogen-bond donors (Lipinski definition) is 1. The van der Waals surface area contributed by atoms with Crippen molar-refractivity contribution in [1.29, 1.82) is 0 Å². The van der Waals surface area contributed by atoms with Gasteiger partial charge in [-0.15, -0.1) is 0 Å². The van der Waals surface area contributed by atoms with Crippen LogP contribution in [0.2, 0.25) is 0 Å². The summed E-state index contributed by atoms with van der Waals surface area (Å²) in [5.41, 5.74) is 2.40. The molecule has 3 aliphatic rings. The number of amides is 3. The minimum Gasteiger partial charge on any atom is -0.378 e. The van der Waals surface area contributed by atoms with Gasteiger partial charge < -0.3 is 19.9 Å². The maximum atomic E-state index is 15.0. The minimum absolute atomic E-state index is 0.183. The number of allylic oxidation sites excluding steroid dienone is 2. The first-order chi connectivity index (χ1) is 21.9. The van der Waals surface area contributed by atoms with Crippen LogP contribution in [-0.4, -0.2) is 67.3 Å². The van der Waals surface area contributed by atoms with E-state index in [4.69, 9.17) is 4.74 Å². The maximum absolute atomic E-state index is 15.0. The molecule has 0 radical (unpaired) electrons. The van der Waals surface area contributed by atoms with Crippen LogP contribution >= 0.6 is 0 Å². The molecule has 6 rings (SSSR count). The molecule has 9 nitrogen and oxygen atoms in total. The number of anilines is 3. The number of nitrogens with zero attached hydrogens (tertiary/aromatic N) is 3. The second kappa shape index (κ2) is 13.4. The molecule has 0 spiro atoms. The number of ketones is 1. The van der Waals surface area contributed by atoms with Gasteiger partial charge in [0.25, 0.3) is 11.7 Å². The first kappa shape index (κ1) is 30.2. The number of Topliss-reactive ketones (excluding diaryl/α,β-unsaturated/α-hetero) is 1. The fourth-order valence-electron chi connectivity index (χ4n) is 6.29. The average molecular weight is 611 g/mol. The molecule has 0 saturated carbocycles. The molecule has 3 aromatic carbocycles. The molecule has 45 heavy (non-hydrogen) atoms. The molecular weight excluding hydrogens is 575 g/mol. The van der Waals surface area contributed by atoms with Crippen LogP contribution < -0.4 is 15.1 Å². The SMILES string of the molecule is O=C1C(=O)N(CC(=O)N(Cc2ccccc2F)[C@@H](C(=O)Nc2ccc(N3CCOCC3)cc2)[C@@H]2CC=CCC2)c2ccccc21. The van der Waals surface area contributed by atoms with Gasteiger partial charge in [-0.3, -0.25) is 24.1 Å². The van der Waals surface area contributed by atoms with Crippen molar-refractivity contribution in [2.75, 3.05) is 48.0 Å². The Kier molecular flexibility index (Phi) is 9.02. The topological polar surface area (TPSA) is 99.3 Å². The third-order valence-electron chi connectivity index (χ3n) is 8.66. The highest BCUT2D eigenvalue weighted by atomic mass is 19.1. The van der Waals surface area contributed by atoms with Crippen LogP contribution in [0.5, 0.6) is 0 Å². The van der Waals surface area contributed by atoms with Crippen LogP contribution in [0, 0.1) is 11.7 Å². The van der Waals surface area contributed by atoms with Crippen molar-refractivity contribution in [1.82, 2.24) is 4.90 Å². The van der Waals surface area contributed by atoms with Crippen LogP contribution in [0.1, 0.15) is 35.2 Å². The van der Waals surface area contributed by atoms with Gasteiger partial charge in [0.2, 0.25) is 11.8 Å². The van der Waals surface area contributed by atoms with Gasteiger partial charge >= 0.3 is 0 Å².